The molecule has 0 unspecified atom stereocenters. The first kappa shape index (κ1) is 35.9. The highest BCUT2D eigenvalue weighted by molar-refractivity contribution is 5.97. The fourth-order valence-corrected chi connectivity index (χ4v) is 8.45. The Labute approximate surface area is 354 Å². The summed E-state index contributed by atoms with van der Waals surface area (Å²) in [6.07, 6.45) is 1.52. The first-order chi connectivity index (χ1) is 30.2. The van der Waals surface area contributed by atoms with E-state index >= 15 is 0 Å². The smallest absolute Gasteiger partial charge is 0.164 e. The van der Waals surface area contributed by atoms with E-state index < -0.39 is 0 Å². The van der Waals surface area contributed by atoms with E-state index in [1.54, 1.807) is 0 Å². The Hall–Kier alpha value is -8.20. The maximum Gasteiger partial charge on any atom is 0.164 e. The molecule has 5 nitrogen and oxygen atoms in total. The summed E-state index contributed by atoms with van der Waals surface area (Å²) >= 11 is 0. The van der Waals surface area contributed by atoms with Crippen LogP contribution in [0.2, 0.25) is 0 Å². The molecule has 0 radical (unpaired) electrons. The van der Waals surface area contributed by atoms with Crippen molar-refractivity contribution in [1.82, 2.24) is 24.5 Å². The van der Waals surface area contributed by atoms with E-state index in [1.807, 2.05) is 66.7 Å². The average molecular weight is 780 g/mol. The molecule has 10 aromatic rings. The van der Waals surface area contributed by atoms with Crippen molar-refractivity contribution in [3.05, 3.63) is 211 Å². The van der Waals surface area contributed by atoms with Crippen LogP contribution in [0.25, 0.3) is 95.7 Å². The van der Waals surface area contributed by atoms with Crippen LogP contribution in [-0.2, 0) is 6.42 Å². The van der Waals surface area contributed by atoms with Gasteiger partial charge in [-0.1, -0.05) is 182 Å². The average Bonchev–Trinajstić information content (AvgIpc) is 3.72. The van der Waals surface area contributed by atoms with E-state index in [0.717, 1.165) is 96.6 Å². The molecule has 0 atom stereocenters. The first-order valence-electron chi connectivity index (χ1n) is 20.6. The number of hydrogen-bond acceptors (Lipinski definition) is 4. The van der Waals surface area contributed by atoms with Crippen molar-refractivity contribution in [1.29, 1.82) is 0 Å². The van der Waals surface area contributed by atoms with Gasteiger partial charge in [0.1, 0.15) is 5.82 Å². The second-order valence-electron chi connectivity index (χ2n) is 15.2. The van der Waals surface area contributed by atoms with Gasteiger partial charge in [-0.15, -0.1) is 0 Å². The lowest BCUT2D eigenvalue weighted by Gasteiger charge is -2.20. The Morgan fingerprint density at radius 2 is 0.934 bits per heavy atom. The number of hydrogen-bond donors (Lipinski definition) is 0. The number of fused-ring (bicyclic) bond motifs is 7. The van der Waals surface area contributed by atoms with Crippen LogP contribution in [0.1, 0.15) is 17.5 Å². The first-order valence-corrected chi connectivity index (χ1v) is 20.6. The number of nitrogens with zero attached hydrogens (tertiary/aromatic N) is 5. The fraction of sp³-hybridized carbons (Fsp3) is 0.0357. The Bertz CT molecular complexity index is 3230. The van der Waals surface area contributed by atoms with Gasteiger partial charge in [-0.2, -0.15) is 0 Å². The third kappa shape index (κ3) is 6.77. The minimum absolute atomic E-state index is 0.626. The summed E-state index contributed by atoms with van der Waals surface area (Å²) in [5, 5.41) is 0. The summed E-state index contributed by atoms with van der Waals surface area (Å²) in [5.41, 5.74) is 16.1. The molecule has 0 fully saturated rings. The van der Waals surface area contributed by atoms with Crippen LogP contribution in [-0.4, -0.2) is 24.5 Å². The molecule has 11 rings (SSSR count). The highest BCUT2D eigenvalue weighted by Gasteiger charge is 2.21. The van der Waals surface area contributed by atoms with Crippen LogP contribution in [0.3, 0.4) is 0 Å². The SMILES string of the molecule is C1#Cc2ccccc2-c2c(-c3ccc(-c4nc(-c5ccccc5)nc(-c5ccccc5)n4)cc3)cccc2-c2ccc(-n3c(-c4ccccc4)nc4ccccc43)c(c2)CC1. The summed E-state index contributed by atoms with van der Waals surface area (Å²) in [6, 6.07) is 69.8. The summed E-state index contributed by atoms with van der Waals surface area (Å²) in [6.45, 7) is 0. The molecule has 0 saturated heterocycles. The number of aryl methyl sites for hydroxylation is 1. The largest absolute Gasteiger partial charge is 0.292 e. The molecule has 0 aliphatic heterocycles. The number of aromatic nitrogens is 5. The topological polar surface area (TPSA) is 56.5 Å². The van der Waals surface area contributed by atoms with Crippen LogP contribution in [0.5, 0.6) is 0 Å². The molecular formula is C56H37N5. The monoisotopic (exact) mass is 779 g/mol. The number of para-hydroxylation sites is 2. The Morgan fingerprint density at radius 1 is 0.410 bits per heavy atom. The third-order valence-corrected chi connectivity index (χ3v) is 11.4. The van der Waals surface area contributed by atoms with Gasteiger partial charge in [0.15, 0.2) is 17.5 Å². The van der Waals surface area contributed by atoms with E-state index in [4.69, 9.17) is 19.9 Å². The van der Waals surface area contributed by atoms with Crippen LogP contribution in [0, 0.1) is 11.8 Å². The van der Waals surface area contributed by atoms with Crippen LogP contribution >= 0.6 is 0 Å². The van der Waals surface area contributed by atoms with Crippen molar-refractivity contribution >= 4 is 11.0 Å². The Kier molecular flexibility index (Phi) is 9.14. The molecule has 0 spiro atoms. The van der Waals surface area contributed by atoms with E-state index in [9.17, 15) is 0 Å². The number of imidazole rings is 1. The lowest BCUT2D eigenvalue weighted by molar-refractivity contribution is 0.983. The second kappa shape index (κ2) is 15.5. The molecule has 0 amide bonds. The van der Waals surface area contributed by atoms with Crippen LogP contribution in [0.4, 0.5) is 0 Å². The predicted molar refractivity (Wildman–Crippen MR) is 248 cm³/mol. The van der Waals surface area contributed by atoms with Gasteiger partial charge in [0.05, 0.1) is 16.7 Å². The molecule has 2 bridgehead atoms. The number of rotatable bonds is 6. The molecule has 286 valence electrons. The van der Waals surface area contributed by atoms with E-state index in [2.05, 4.69) is 150 Å². The highest BCUT2D eigenvalue weighted by atomic mass is 15.1. The van der Waals surface area contributed by atoms with Crippen molar-refractivity contribution in [2.75, 3.05) is 0 Å². The zero-order valence-corrected chi connectivity index (χ0v) is 33.2. The Morgan fingerprint density at radius 3 is 1.62 bits per heavy atom. The van der Waals surface area contributed by atoms with Gasteiger partial charge >= 0.3 is 0 Å². The maximum atomic E-state index is 5.16. The highest BCUT2D eigenvalue weighted by Crippen LogP contribution is 2.43. The van der Waals surface area contributed by atoms with Gasteiger partial charge in [0.25, 0.3) is 0 Å². The molecule has 61 heavy (non-hydrogen) atoms. The van der Waals surface area contributed by atoms with Crippen molar-refractivity contribution in [2.24, 2.45) is 0 Å². The minimum atomic E-state index is 0.626. The summed E-state index contributed by atoms with van der Waals surface area (Å²) in [5.74, 6) is 9.98. The zero-order valence-electron chi connectivity index (χ0n) is 33.2. The molecule has 8 aromatic carbocycles. The molecule has 1 aliphatic rings. The summed E-state index contributed by atoms with van der Waals surface area (Å²) < 4.78 is 2.32. The molecule has 2 heterocycles. The summed E-state index contributed by atoms with van der Waals surface area (Å²) in [4.78, 5) is 20.0. The van der Waals surface area contributed by atoms with Crippen molar-refractivity contribution in [3.63, 3.8) is 0 Å². The van der Waals surface area contributed by atoms with Crippen molar-refractivity contribution in [3.8, 4) is 96.5 Å². The van der Waals surface area contributed by atoms with Gasteiger partial charge in [-0.3, -0.25) is 4.57 Å². The lowest BCUT2D eigenvalue weighted by Crippen LogP contribution is -2.03. The van der Waals surface area contributed by atoms with E-state index in [0.29, 0.717) is 17.5 Å². The molecule has 0 N–H and O–H groups in total. The van der Waals surface area contributed by atoms with Gasteiger partial charge in [0.2, 0.25) is 0 Å². The normalized spacial score (nSPS) is 11.8. The standard InChI is InChI=1S/C56H37N5/c1-4-19-40(20-5-1)53-58-54(41-21-6-2-7-22-41)60-55(59-53)42-33-31-39(32-34-42)47-27-16-28-48-44-35-36-50(45(37-44)25-11-10-17-38-18-12-13-26-46(38)52(47)48)61-51-30-15-14-29-49(51)57-56(61)43-23-8-3-9-24-43/h1-9,12-16,18-24,26-37H,11,25H2. The Balaban J connectivity index is 1.06. The molecule has 2 aromatic heterocycles. The van der Waals surface area contributed by atoms with E-state index in [-0.39, 0.29) is 0 Å². The van der Waals surface area contributed by atoms with Crippen molar-refractivity contribution < 1.29 is 0 Å². The quantitative estimate of drug-likeness (QED) is 0.158. The minimum Gasteiger partial charge on any atom is -0.292 e. The lowest BCUT2D eigenvalue weighted by atomic mass is 9.85. The molecular weight excluding hydrogens is 743 g/mol. The fourth-order valence-electron chi connectivity index (χ4n) is 8.45. The van der Waals surface area contributed by atoms with Crippen LogP contribution in [0.15, 0.2) is 200 Å². The third-order valence-electron chi connectivity index (χ3n) is 11.4. The molecule has 5 heteroatoms. The second-order valence-corrected chi connectivity index (χ2v) is 15.2. The molecule has 1 aliphatic carbocycles. The van der Waals surface area contributed by atoms with Gasteiger partial charge in [0, 0.05) is 34.2 Å². The summed E-state index contributed by atoms with van der Waals surface area (Å²) in [7, 11) is 0. The van der Waals surface area contributed by atoms with Gasteiger partial charge < -0.3 is 0 Å². The maximum absolute atomic E-state index is 5.16. The van der Waals surface area contributed by atoms with Crippen molar-refractivity contribution in [2.45, 2.75) is 12.8 Å². The predicted octanol–water partition coefficient (Wildman–Crippen LogP) is 13.2. The zero-order chi connectivity index (χ0) is 40.5. The van der Waals surface area contributed by atoms with Crippen LogP contribution < -0.4 is 0 Å². The van der Waals surface area contributed by atoms with E-state index in [1.165, 1.54) is 5.56 Å². The molecule has 0 saturated carbocycles. The van der Waals surface area contributed by atoms with Gasteiger partial charge in [-0.05, 0) is 75.7 Å². The number of benzene rings is 8. The van der Waals surface area contributed by atoms with Gasteiger partial charge in [-0.25, -0.2) is 19.9 Å².